The first-order chi connectivity index (χ1) is 8.70. The number of likely N-dealkylation sites (tertiary alicyclic amines) is 1. The number of aliphatic hydroxyl groups is 1. The van der Waals surface area contributed by atoms with E-state index in [1.54, 1.807) is 0 Å². The second-order valence-corrected chi connectivity index (χ2v) is 5.39. The van der Waals surface area contributed by atoms with E-state index in [-0.39, 0.29) is 24.3 Å². The lowest BCUT2D eigenvalue weighted by Gasteiger charge is -2.30. The Morgan fingerprint density at radius 1 is 1.28 bits per heavy atom. The fourth-order valence-electron chi connectivity index (χ4n) is 3.13. The highest BCUT2D eigenvalue weighted by Crippen LogP contribution is 2.25. The van der Waals surface area contributed by atoms with Gasteiger partial charge in [0.25, 0.3) is 0 Å². The van der Waals surface area contributed by atoms with Gasteiger partial charge in [-0.25, -0.2) is 4.79 Å². The van der Waals surface area contributed by atoms with Gasteiger partial charge < -0.3 is 15.2 Å². The third kappa shape index (κ3) is 3.36. The minimum Gasteiger partial charge on any atom is -0.453 e. The molecule has 0 aromatic carbocycles. The molecule has 2 fully saturated rings. The summed E-state index contributed by atoms with van der Waals surface area (Å²) < 4.78 is 4.62. The Morgan fingerprint density at radius 3 is 2.83 bits per heavy atom. The zero-order chi connectivity index (χ0) is 13.0. The molecule has 1 saturated heterocycles. The van der Waals surface area contributed by atoms with Crippen LogP contribution in [-0.2, 0) is 4.74 Å². The van der Waals surface area contributed by atoms with Gasteiger partial charge in [-0.05, 0) is 19.3 Å². The number of ether oxygens (including phenoxy) is 1. The second kappa shape index (κ2) is 6.38. The highest BCUT2D eigenvalue weighted by molar-refractivity contribution is 5.67. The molecular weight excluding hydrogens is 232 g/mol. The van der Waals surface area contributed by atoms with Gasteiger partial charge in [-0.3, -0.25) is 4.90 Å². The number of hydrogen-bond donors (Lipinski definition) is 2. The first kappa shape index (κ1) is 13.6. The van der Waals surface area contributed by atoms with Gasteiger partial charge in [-0.1, -0.05) is 19.3 Å². The van der Waals surface area contributed by atoms with E-state index >= 15 is 0 Å². The highest BCUT2D eigenvalue weighted by atomic mass is 16.5. The maximum Gasteiger partial charge on any atom is 0.407 e. The molecule has 18 heavy (non-hydrogen) atoms. The Labute approximate surface area is 108 Å². The van der Waals surface area contributed by atoms with Crippen LogP contribution in [0.15, 0.2) is 0 Å². The fourth-order valence-corrected chi connectivity index (χ4v) is 3.13. The van der Waals surface area contributed by atoms with Gasteiger partial charge in [0, 0.05) is 25.2 Å². The van der Waals surface area contributed by atoms with Crippen molar-refractivity contribution < 1.29 is 14.6 Å². The second-order valence-electron chi connectivity index (χ2n) is 5.39. The molecule has 3 atom stereocenters. The van der Waals surface area contributed by atoms with Crippen molar-refractivity contribution in [1.82, 2.24) is 10.2 Å². The molecule has 5 nitrogen and oxygen atoms in total. The topological polar surface area (TPSA) is 61.8 Å². The average Bonchev–Trinajstić information content (AvgIpc) is 2.70. The first-order valence-electron chi connectivity index (χ1n) is 6.97. The fraction of sp³-hybridized carbons (Fsp3) is 0.923. The van der Waals surface area contributed by atoms with Crippen LogP contribution in [0.2, 0.25) is 0 Å². The molecular formula is C13H24N2O3. The lowest BCUT2D eigenvalue weighted by molar-refractivity contribution is 0.0558. The smallest absolute Gasteiger partial charge is 0.407 e. The summed E-state index contributed by atoms with van der Waals surface area (Å²) in [5.41, 5.74) is 0. The van der Waals surface area contributed by atoms with Gasteiger partial charge >= 0.3 is 6.09 Å². The molecule has 5 heteroatoms. The van der Waals surface area contributed by atoms with Crippen LogP contribution in [-0.4, -0.2) is 54.5 Å². The van der Waals surface area contributed by atoms with Gasteiger partial charge in [0.1, 0.15) is 0 Å². The molecule has 2 aliphatic rings. The van der Waals surface area contributed by atoms with Crippen molar-refractivity contribution in [1.29, 1.82) is 0 Å². The zero-order valence-electron chi connectivity index (χ0n) is 11.1. The minimum absolute atomic E-state index is 0.160. The molecule has 1 heterocycles. The third-order valence-corrected chi connectivity index (χ3v) is 4.14. The number of carbonyl (C=O) groups excluding carboxylic acids is 1. The largest absolute Gasteiger partial charge is 0.453 e. The number of amides is 1. The standard InChI is InChI=1S/C13H24N2O3/c1-18-13(17)14-10-7-8-15(9-10)11-5-3-2-4-6-12(11)16/h10-12,16H,2-9H2,1H3,(H,14,17). The molecule has 2 N–H and O–H groups in total. The quantitative estimate of drug-likeness (QED) is 0.727. The minimum atomic E-state index is -0.358. The van der Waals surface area contributed by atoms with Gasteiger partial charge in [0.15, 0.2) is 0 Å². The lowest BCUT2D eigenvalue weighted by atomic mass is 10.0. The molecule has 0 aromatic heterocycles. The number of methoxy groups -OCH3 is 1. The Morgan fingerprint density at radius 2 is 2.06 bits per heavy atom. The van der Waals surface area contributed by atoms with E-state index in [2.05, 4.69) is 15.0 Å². The molecule has 0 radical (unpaired) electrons. The molecule has 2 rings (SSSR count). The van der Waals surface area contributed by atoms with Crippen LogP contribution in [0, 0.1) is 0 Å². The maximum atomic E-state index is 11.2. The molecule has 1 aliphatic heterocycles. The van der Waals surface area contributed by atoms with E-state index in [1.165, 1.54) is 20.0 Å². The normalized spacial score (nSPS) is 34.0. The van der Waals surface area contributed by atoms with Crippen molar-refractivity contribution in [3.8, 4) is 0 Å². The molecule has 0 bridgehead atoms. The summed E-state index contributed by atoms with van der Waals surface area (Å²) in [6.45, 7) is 1.78. The van der Waals surface area contributed by atoms with E-state index < -0.39 is 0 Å². The highest BCUT2D eigenvalue weighted by Gasteiger charge is 2.33. The number of nitrogens with zero attached hydrogens (tertiary/aromatic N) is 1. The summed E-state index contributed by atoms with van der Waals surface area (Å²) in [6, 6.07) is 0.435. The maximum absolute atomic E-state index is 11.2. The van der Waals surface area contributed by atoms with Crippen LogP contribution >= 0.6 is 0 Å². The van der Waals surface area contributed by atoms with Crippen molar-refractivity contribution >= 4 is 6.09 Å². The first-order valence-corrected chi connectivity index (χ1v) is 6.97. The Balaban J connectivity index is 1.85. The molecule has 104 valence electrons. The predicted molar refractivity (Wildman–Crippen MR) is 68.4 cm³/mol. The number of hydrogen-bond acceptors (Lipinski definition) is 4. The summed E-state index contributed by atoms with van der Waals surface area (Å²) in [5, 5.41) is 13.0. The molecule has 1 saturated carbocycles. The Hall–Kier alpha value is -0.810. The lowest BCUT2D eigenvalue weighted by Crippen LogP contribution is -2.44. The van der Waals surface area contributed by atoms with E-state index in [0.29, 0.717) is 0 Å². The van der Waals surface area contributed by atoms with Gasteiger partial charge in [0.2, 0.25) is 0 Å². The molecule has 1 aliphatic carbocycles. The number of nitrogens with one attached hydrogen (secondary N) is 1. The predicted octanol–water partition coefficient (Wildman–Crippen LogP) is 1.11. The summed E-state index contributed by atoms with van der Waals surface area (Å²) >= 11 is 0. The Bertz CT molecular complexity index is 285. The van der Waals surface area contributed by atoms with Crippen molar-refractivity contribution in [2.75, 3.05) is 20.2 Å². The number of carbonyl (C=O) groups is 1. The van der Waals surface area contributed by atoms with E-state index in [4.69, 9.17) is 0 Å². The molecule has 3 unspecified atom stereocenters. The van der Waals surface area contributed by atoms with Gasteiger partial charge in [0.05, 0.1) is 13.2 Å². The summed E-state index contributed by atoms with van der Waals surface area (Å²) in [5.74, 6) is 0. The van der Waals surface area contributed by atoms with Crippen LogP contribution in [0.1, 0.15) is 38.5 Å². The summed E-state index contributed by atoms with van der Waals surface area (Å²) in [7, 11) is 1.39. The van der Waals surface area contributed by atoms with E-state index in [0.717, 1.165) is 38.8 Å². The molecule has 1 amide bonds. The molecule has 0 spiro atoms. The van der Waals surface area contributed by atoms with Crippen molar-refractivity contribution in [3.05, 3.63) is 0 Å². The van der Waals surface area contributed by atoms with Crippen LogP contribution in [0.25, 0.3) is 0 Å². The zero-order valence-corrected chi connectivity index (χ0v) is 11.1. The van der Waals surface area contributed by atoms with E-state index in [9.17, 15) is 9.90 Å². The van der Waals surface area contributed by atoms with Crippen molar-refractivity contribution in [2.45, 2.75) is 56.7 Å². The SMILES string of the molecule is COC(=O)NC1CCN(C2CCCCCC2O)C1. The van der Waals surface area contributed by atoms with Crippen molar-refractivity contribution in [3.63, 3.8) is 0 Å². The Kier molecular flexibility index (Phi) is 4.83. The number of rotatable bonds is 2. The van der Waals surface area contributed by atoms with Crippen molar-refractivity contribution in [2.24, 2.45) is 0 Å². The third-order valence-electron chi connectivity index (χ3n) is 4.14. The number of alkyl carbamates (subject to hydrolysis) is 1. The molecule has 0 aromatic rings. The van der Waals surface area contributed by atoms with Gasteiger partial charge in [-0.15, -0.1) is 0 Å². The summed E-state index contributed by atoms with van der Waals surface area (Å²) in [6.07, 6.45) is 5.93. The monoisotopic (exact) mass is 256 g/mol. The van der Waals surface area contributed by atoms with Crippen LogP contribution in [0.3, 0.4) is 0 Å². The van der Waals surface area contributed by atoms with Crippen LogP contribution in [0.4, 0.5) is 4.79 Å². The van der Waals surface area contributed by atoms with Gasteiger partial charge in [-0.2, -0.15) is 0 Å². The van der Waals surface area contributed by atoms with Crippen LogP contribution < -0.4 is 5.32 Å². The van der Waals surface area contributed by atoms with Crippen LogP contribution in [0.5, 0.6) is 0 Å². The number of aliphatic hydroxyl groups excluding tert-OH is 1. The summed E-state index contributed by atoms with van der Waals surface area (Å²) in [4.78, 5) is 13.5. The average molecular weight is 256 g/mol. The van der Waals surface area contributed by atoms with E-state index in [1.807, 2.05) is 0 Å².